The summed E-state index contributed by atoms with van der Waals surface area (Å²) in [6.45, 7) is 7.67. The van der Waals surface area contributed by atoms with Crippen LogP contribution in [0, 0.1) is 5.92 Å². The molecular formula is C17H26O3. The predicted molar refractivity (Wildman–Crippen MR) is 80.4 cm³/mol. The first-order valence-corrected chi connectivity index (χ1v) is 7.45. The number of aliphatic hydroxyl groups is 2. The summed E-state index contributed by atoms with van der Waals surface area (Å²) in [5, 5.41) is 21.3. The van der Waals surface area contributed by atoms with Crippen molar-refractivity contribution in [1.82, 2.24) is 0 Å². The van der Waals surface area contributed by atoms with Crippen molar-refractivity contribution in [1.29, 1.82) is 0 Å². The summed E-state index contributed by atoms with van der Waals surface area (Å²) < 4.78 is 5.64. The lowest BCUT2D eigenvalue weighted by Gasteiger charge is -2.45. The van der Waals surface area contributed by atoms with E-state index >= 15 is 0 Å². The van der Waals surface area contributed by atoms with Gasteiger partial charge in [-0.05, 0) is 30.8 Å². The van der Waals surface area contributed by atoms with Crippen LogP contribution in [0.1, 0.15) is 38.5 Å². The van der Waals surface area contributed by atoms with Gasteiger partial charge in [0.1, 0.15) is 5.60 Å². The van der Waals surface area contributed by atoms with Gasteiger partial charge in [-0.1, -0.05) is 37.6 Å². The average Bonchev–Trinajstić information content (AvgIpc) is 2.80. The average molecular weight is 278 g/mol. The van der Waals surface area contributed by atoms with Crippen LogP contribution in [0.15, 0.2) is 37.0 Å². The molecule has 3 heteroatoms. The molecule has 0 unspecified atom stereocenters. The first-order chi connectivity index (χ1) is 9.52. The summed E-state index contributed by atoms with van der Waals surface area (Å²) in [6.07, 6.45) is 9.80. The molecule has 20 heavy (non-hydrogen) atoms. The van der Waals surface area contributed by atoms with Gasteiger partial charge in [0.15, 0.2) is 0 Å². The molecule has 0 heterocycles. The fourth-order valence-corrected chi connectivity index (χ4v) is 3.89. The molecule has 0 bridgehead atoms. The summed E-state index contributed by atoms with van der Waals surface area (Å²) in [5.74, 6) is 0.139. The Labute approximate surface area is 121 Å². The Morgan fingerprint density at radius 1 is 1.45 bits per heavy atom. The van der Waals surface area contributed by atoms with Gasteiger partial charge in [-0.2, -0.15) is 0 Å². The van der Waals surface area contributed by atoms with Crippen LogP contribution >= 0.6 is 0 Å². The van der Waals surface area contributed by atoms with Crippen LogP contribution in [0.4, 0.5) is 0 Å². The van der Waals surface area contributed by atoms with E-state index in [1.807, 2.05) is 6.08 Å². The van der Waals surface area contributed by atoms with Crippen molar-refractivity contribution in [2.75, 3.05) is 7.11 Å². The van der Waals surface area contributed by atoms with E-state index in [0.29, 0.717) is 12.8 Å². The number of hydrogen-bond donors (Lipinski definition) is 2. The topological polar surface area (TPSA) is 49.7 Å². The molecule has 2 aliphatic rings. The van der Waals surface area contributed by atoms with E-state index in [0.717, 1.165) is 31.3 Å². The Bertz CT molecular complexity index is 414. The van der Waals surface area contributed by atoms with Gasteiger partial charge in [-0.25, -0.2) is 0 Å². The molecule has 0 spiro atoms. The lowest BCUT2D eigenvalue weighted by atomic mass is 9.66. The van der Waals surface area contributed by atoms with Crippen LogP contribution in [0.2, 0.25) is 0 Å². The second-order valence-corrected chi connectivity index (χ2v) is 6.04. The van der Waals surface area contributed by atoms with E-state index in [-0.39, 0.29) is 5.92 Å². The Hall–Kier alpha value is -0.900. The molecule has 112 valence electrons. The van der Waals surface area contributed by atoms with Crippen LogP contribution < -0.4 is 0 Å². The Morgan fingerprint density at radius 2 is 2.20 bits per heavy atom. The molecule has 0 aromatic carbocycles. The van der Waals surface area contributed by atoms with Gasteiger partial charge in [0.05, 0.1) is 11.7 Å². The summed E-state index contributed by atoms with van der Waals surface area (Å²) >= 11 is 0. The largest absolute Gasteiger partial charge is 0.389 e. The number of ether oxygens (including phenoxy) is 1. The monoisotopic (exact) mass is 278 g/mol. The minimum absolute atomic E-state index is 0.139. The third-order valence-electron chi connectivity index (χ3n) is 4.97. The molecule has 0 aromatic rings. The minimum atomic E-state index is -0.922. The normalized spacial score (nSPS) is 41.2. The van der Waals surface area contributed by atoms with Crippen LogP contribution in [0.3, 0.4) is 0 Å². The predicted octanol–water partition coefficient (Wildman–Crippen LogP) is 2.75. The zero-order chi connectivity index (χ0) is 14.8. The van der Waals surface area contributed by atoms with Gasteiger partial charge in [-0.15, -0.1) is 6.58 Å². The molecule has 3 nitrogen and oxygen atoms in total. The molecule has 0 saturated heterocycles. The SMILES string of the molecule is C=CC[C@H]1CCCC[C@]1(O)C1=C[C@H](O)C[C@]1(C=C)OC. The highest BCUT2D eigenvalue weighted by molar-refractivity contribution is 5.40. The number of allylic oxidation sites excluding steroid dienone is 1. The molecule has 0 aromatic heterocycles. The van der Waals surface area contributed by atoms with E-state index in [1.54, 1.807) is 19.3 Å². The number of hydrogen-bond acceptors (Lipinski definition) is 3. The summed E-state index contributed by atoms with van der Waals surface area (Å²) in [5.41, 5.74) is -0.875. The zero-order valence-corrected chi connectivity index (χ0v) is 12.3. The zero-order valence-electron chi connectivity index (χ0n) is 12.3. The molecule has 0 aliphatic heterocycles. The molecule has 2 aliphatic carbocycles. The number of rotatable bonds is 5. The van der Waals surface area contributed by atoms with E-state index in [1.165, 1.54) is 0 Å². The standard InChI is InChI=1S/C17H26O3/c1-4-8-13-9-6-7-10-17(13,19)15-11-14(18)12-16(15,5-2)20-3/h4-5,11,13-14,18-19H,1-2,6-10,12H2,3H3/t13-,14-,16-,17+/m0/s1. The highest BCUT2D eigenvalue weighted by atomic mass is 16.5. The van der Waals surface area contributed by atoms with Crippen molar-refractivity contribution < 1.29 is 14.9 Å². The fraction of sp³-hybridized carbons (Fsp3) is 0.647. The van der Waals surface area contributed by atoms with Crippen molar-refractivity contribution in [3.8, 4) is 0 Å². The summed E-state index contributed by atoms with van der Waals surface area (Å²) in [7, 11) is 1.61. The second kappa shape index (κ2) is 5.84. The van der Waals surface area contributed by atoms with E-state index in [2.05, 4.69) is 13.2 Å². The van der Waals surface area contributed by atoms with Crippen molar-refractivity contribution in [2.45, 2.75) is 55.8 Å². The Balaban J connectivity index is 2.41. The third-order valence-corrected chi connectivity index (χ3v) is 4.97. The van der Waals surface area contributed by atoms with Gasteiger partial charge in [-0.3, -0.25) is 0 Å². The van der Waals surface area contributed by atoms with Gasteiger partial charge < -0.3 is 14.9 Å². The van der Waals surface area contributed by atoms with Gasteiger partial charge in [0, 0.05) is 13.5 Å². The highest BCUT2D eigenvalue weighted by Crippen LogP contribution is 2.49. The fourth-order valence-electron chi connectivity index (χ4n) is 3.89. The van der Waals surface area contributed by atoms with Gasteiger partial charge >= 0.3 is 0 Å². The van der Waals surface area contributed by atoms with Crippen molar-refractivity contribution in [3.63, 3.8) is 0 Å². The summed E-state index contributed by atoms with van der Waals surface area (Å²) in [6, 6.07) is 0. The van der Waals surface area contributed by atoms with E-state index in [4.69, 9.17) is 4.74 Å². The smallest absolute Gasteiger partial charge is 0.112 e. The minimum Gasteiger partial charge on any atom is -0.389 e. The maximum absolute atomic E-state index is 11.3. The third kappa shape index (κ3) is 2.39. The molecule has 1 saturated carbocycles. The molecule has 2 N–H and O–H groups in total. The first kappa shape index (κ1) is 15.5. The Kier molecular flexibility index (Phi) is 4.52. The molecule has 0 amide bonds. The van der Waals surface area contributed by atoms with Crippen molar-refractivity contribution >= 4 is 0 Å². The molecule has 1 fully saturated rings. The second-order valence-electron chi connectivity index (χ2n) is 6.04. The van der Waals surface area contributed by atoms with Crippen LogP contribution in [-0.2, 0) is 4.74 Å². The highest BCUT2D eigenvalue weighted by Gasteiger charge is 2.52. The molecule has 4 atom stereocenters. The van der Waals surface area contributed by atoms with Crippen molar-refractivity contribution in [3.05, 3.63) is 37.0 Å². The quantitative estimate of drug-likeness (QED) is 0.760. The van der Waals surface area contributed by atoms with Crippen LogP contribution in [-0.4, -0.2) is 34.6 Å². The lowest BCUT2D eigenvalue weighted by molar-refractivity contribution is -0.0526. The maximum Gasteiger partial charge on any atom is 0.112 e. The van der Waals surface area contributed by atoms with Crippen molar-refractivity contribution in [2.24, 2.45) is 5.92 Å². The maximum atomic E-state index is 11.3. The van der Waals surface area contributed by atoms with E-state index < -0.39 is 17.3 Å². The molecular weight excluding hydrogens is 252 g/mol. The molecule has 2 rings (SSSR count). The Morgan fingerprint density at radius 3 is 2.80 bits per heavy atom. The number of methoxy groups -OCH3 is 1. The lowest BCUT2D eigenvalue weighted by Crippen LogP contribution is -2.49. The summed E-state index contributed by atoms with van der Waals surface area (Å²) in [4.78, 5) is 0. The number of aliphatic hydroxyl groups excluding tert-OH is 1. The van der Waals surface area contributed by atoms with Gasteiger partial charge in [0.25, 0.3) is 0 Å². The van der Waals surface area contributed by atoms with Crippen LogP contribution in [0.25, 0.3) is 0 Å². The molecule has 0 radical (unpaired) electrons. The van der Waals surface area contributed by atoms with E-state index in [9.17, 15) is 10.2 Å². The first-order valence-electron chi connectivity index (χ1n) is 7.45. The van der Waals surface area contributed by atoms with Crippen LogP contribution in [0.5, 0.6) is 0 Å². The van der Waals surface area contributed by atoms with Gasteiger partial charge in [0.2, 0.25) is 0 Å².